The van der Waals surface area contributed by atoms with Gasteiger partial charge in [0.1, 0.15) is 12.2 Å². The van der Waals surface area contributed by atoms with E-state index in [9.17, 15) is 0 Å². The lowest BCUT2D eigenvalue weighted by Crippen LogP contribution is -2.40. The standard InChI is InChI=1S/C21H35N7O2/c1-3-20-26-25-18-28(20)14-11-23-21(24-12-16-30-17-15-29)22-10-7-13-27(2)19-8-5-4-6-9-19/h4-6,8-9,18,29H,3,7,10-17H2,1-2H3,(H2,22,23,24). The lowest BCUT2D eigenvalue weighted by atomic mass is 10.3. The fourth-order valence-corrected chi connectivity index (χ4v) is 2.93. The molecule has 3 N–H and O–H groups in total. The molecule has 2 aromatic rings. The van der Waals surface area contributed by atoms with Gasteiger partial charge in [-0.05, 0) is 18.6 Å². The molecule has 0 saturated heterocycles. The fraction of sp³-hybridized carbons (Fsp3) is 0.571. The summed E-state index contributed by atoms with van der Waals surface area (Å²) in [4.78, 5) is 6.92. The molecule has 0 aliphatic heterocycles. The number of aryl methyl sites for hydroxylation is 1. The summed E-state index contributed by atoms with van der Waals surface area (Å²) in [7, 11) is 2.10. The number of ether oxygens (including phenoxy) is 1. The molecule has 2 rings (SSSR count). The van der Waals surface area contributed by atoms with Crippen LogP contribution in [0, 0.1) is 0 Å². The molecule has 1 aromatic carbocycles. The molecule has 0 unspecified atom stereocenters. The van der Waals surface area contributed by atoms with Crippen LogP contribution < -0.4 is 15.5 Å². The van der Waals surface area contributed by atoms with E-state index in [1.54, 1.807) is 6.33 Å². The topological polar surface area (TPSA) is 99.8 Å². The maximum absolute atomic E-state index is 8.80. The minimum absolute atomic E-state index is 0.0346. The summed E-state index contributed by atoms with van der Waals surface area (Å²) in [5.41, 5.74) is 1.21. The van der Waals surface area contributed by atoms with Crippen molar-refractivity contribution in [3.05, 3.63) is 42.5 Å². The number of benzene rings is 1. The first-order chi connectivity index (χ1) is 14.7. The molecule has 1 heterocycles. The van der Waals surface area contributed by atoms with Gasteiger partial charge in [0.2, 0.25) is 0 Å². The highest BCUT2D eigenvalue weighted by molar-refractivity contribution is 5.79. The van der Waals surface area contributed by atoms with Crippen LogP contribution in [-0.2, 0) is 17.7 Å². The van der Waals surface area contributed by atoms with E-state index in [1.165, 1.54) is 5.69 Å². The van der Waals surface area contributed by atoms with Gasteiger partial charge in [-0.3, -0.25) is 4.99 Å². The lowest BCUT2D eigenvalue weighted by molar-refractivity contribution is 0.0957. The van der Waals surface area contributed by atoms with Crippen molar-refractivity contribution < 1.29 is 9.84 Å². The van der Waals surface area contributed by atoms with Gasteiger partial charge in [0.25, 0.3) is 0 Å². The Hall–Kier alpha value is -2.65. The number of aliphatic imine (C=N–C) groups is 1. The van der Waals surface area contributed by atoms with E-state index in [2.05, 4.69) is 64.0 Å². The molecule has 30 heavy (non-hydrogen) atoms. The van der Waals surface area contributed by atoms with Crippen LogP contribution in [0.2, 0.25) is 0 Å². The van der Waals surface area contributed by atoms with Crippen molar-refractivity contribution in [2.75, 3.05) is 57.9 Å². The van der Waals surface area contributed by atoms with Gasteiger partial charge in [0, 0.05) is 51.9 Å². The Morgan fingerprint density at radius 1 is 1.20 bits per heavy atom. The second-order valence-electron chi connectivity index (χ2n) is 6.82. The minimum Gasteiger partial charge on any atom is -0.394 e. The van der Waals surface area contributed by atoms with E-state index in [0.717, 1.165) is 50.8 Å². The van der Waals surface area contributed by atoms with Crippen LogP contribution in [0.1, 0.15) is 19.2 Å². The molecule has 0 fully saturated rings. The first-order valence-corrected chi connectivity index (χ1v) is 10.6. The molecule has 0 spiro atoms. The van der Waals surface area contributed by atoms with Crippen LogP contribution in [0.4, 0.5) is 5.69 Å². The SMILES string of the molecule is CCc1nncn1CCNC(=NCCCN(C)c1ccccc1)NCCOCCO. The Labute approximate surface area is 179 Å². The number of aliphatic hydroxyl groups is 1. The third-order valence-electron chi connectivity index (χ3n) is 4.55. The molecule has 0 saturated carbocycles. The molecule has 0 aliphatic rings. The molecule has 0 atom stereocenters. The van der Waals surface area contributed by atoms with Gasteiger partial charge in [-0.15, -0.1) is 10.2 Å². The molecular formula is C21H35N7O2. The number of guanidine groups is 1. The van der Waals surface area contributed by atoms with Crippen molar-refractivity contribution in [1.29, 1.82) is 0 Å². The van der Waals surface area contributed by atoms with E-state index in [4.69, 9.17) is 14.8 Å². The molecule has 0 amide bonds. The van der Waals surface area contributed by atoms with Crippen molar-refractivity contribution in [3.8, 4) is 0 Å². The van der Waals surface area contributed by atoms with E-state index < -0.39 is 0 Å². The number of aliphatic hydroxyl groups excluding tert-OH is 1. The molecule has 0 aliphatic carbocycles. The average Bonchev–Trinajstić information content (AvgIpc) is 3.24. The molecule has 166 valence electrons. The van der Waals surface area contributed by atoms with Crippen molar-refractivity contribution in [2.24, 2.45) is 4.99 Å². The summed E-state index contributed by atoms with van der Waals surface area (Å²) in [6.07, 6.45) is 3.56. The molecular weight excluding hydrogens is 382 g/mol. The Morgan fingerprint density at radius 2 is 2.00 bits per heavy atom. The lowest BCUT2D eigenvalue weighted by Gasteiger charge is -2.19. The highest BCUT2D eigenvalue weighted by atomic mass is 16.5. The van der Waals surface area contributed by atoms with Crippen LogP contribution in [-0.4, -0.2) is 78.9 Å². The van der Waals surface area contributed by atoms with Gasteiger partial charge in [0.05, 0.1) is 19.8 Å². The minimum atomic E-state index is 0.0346. The number of nitrogens with zero attached hydrogens (tertiary/aromatic N) is 5. The molecule has 0 radical (unpaired) electrons. The van der Waals surface area contributed by atoms with Crippen molar-refractivity contribution in [2.45, 2.75) is 26.3 Å². The summed E-state index contributed by atoms with van der Waals surface area (Å²) in [6.45, 7) is 6.74. The third-order valence-corrected chi connectivity index (χ3v) is 4.55. The number of nitrogens with one attached hydrogen (secondary N) is 2. The highest BCUT2D eigenvalue weighted by Gasteiger charge is 2.03. The average molecular weight is 418 g/mol. The first-order valence-electron chi connectivity index (χ1n) is 10.6. The Bertz CT molecular complexity index is 721. The smallest absolute Gasteiger partial charge is 0.191 e. The van der Waals surface area contributed by atoms with Crippen molar-refractivity contribution in [1.82, 2.24) is 25.4 Å². The van der Waals surface area contributed by atoms with Gasteiger partial charge >= 0.3 is 0 Å². The molecule has 9 heteroatoms. The number of rotatable bonds is 14. The van der Waals surface area contributed by atoms with E-state index in [1.807, 2.05) is 10.6 Å². The fourth-order valence-electron chi connectivity index (χ4n) is 2.93. The van der Waals surface area contributed by atoms with Gasteiger partial charge in [-0.2, -0.15) is 0 Å². The van der Waals surface area contributed by atoms with E-state index in [0.29, 0.717) is 19.8 Å². The van der Waals surface area contributed by atoms with Gasteiger partial charge < -0.3 is 29.9 Å². The highest BCUT2D eigenvalue weighted by Crippen LogP contribution is 2.10. The second-order valence-corrected chi connectivity index (χ2v) is 6.82. The molecule has 1 aromatic heterocycles. The van der Waals surface area contributed by atoms with E-state index in [-0.39, 0.29) is 6.61 Å². The quantitative estimate of drug-likeness (QED) is 0.239. The third kappa shape index (κ3) is 8.79. The van der Waals surface area contributed by atoms with Crippen molar-refractivity contribution >= 4 is 11.6 Å². The Kier molecular flexibility index (Phi) is 11.3. The van der Waals surface area contributed by atoms with Gasteiger partial charge in [0.15, 0.2) is 5.96 Å². The number of aromatic nitrogens is 3. The summed E-state index contributed by atoms with van der Waals surface area (Å²) in [6, 6.07) is 10.3. The predicted octanol–water partition coefficient (Wildman–Crippen LogP) is 0.911. The van der Waals surface area contributed by atoms with E-state index >= 15 is 0 Å². The monoisotopic (exact) mass is 417 g/mol. The second kappa shape index (κ2) is 14.4. The summed E-state index contributed by atoms with van der Waals surface area (Å²) in [5.74, 6) is 1.74. The zero-order valence-corrected chi connectivity index (χ0v) is 18.1. The Balaban J connectivity index is 1.78. The first kappa shape index (κ1) is 23.6. The molecule has 0 bridgehead atoms. The Morgan fingerprint density at radius 3 is 2.77 bits per heavy atom. The largest absolute Gasteiger partial charge is 0.394 e. The van der Waals surface area contributed by atoms with Crippen LogP contribution >= 0.6 is 0 Å². The maximum Gasteiger partial charge on any atom is 0.191 e. The molecule has 9 nitrogen and oxygen atoms in total. The zero-order valence-electron chi connectivity index (χ0n) is 18.1. The zero-order chi connectivity index (χ0) is 21.4. The number of hydrogen-bond acceptors (Lipinski definition) is 6. The summed E-state index contributed by atoms with van der Waals surface area (Å²) >= 11 is 0. The number of hydrogen-bond donors (Lipinski definition) is 3. The number of anilines is 1. The van der Waals surface area contributed by atoms with Crippen LogP contribution in [0.3, 0.4) is 0 Å². The van der Waals surface area contributed by atoms with Gasteiger partial charge in [-0.25, -0.2) is 0 Å². The number of para-hydroxylation sites is 1. The summed E-state index contributed by atoms with van der Waals surface area (Å²) < 4.78 is 7.36. The van der Waals surface area contributed by atoms with Gasteiger partial charge in [-0.1, -0.05) is 25.1 Å². The van der Waals surface area contributed by atoms with Crippen molar-refractivity contribution in [3.63, 3.8) is 0 Å². The maximum atomic E-state index is 8.80. The van der Waals surface area contributed by atoms with Crippen LogP contribution in [0.15, 0.2) is 41.7 Å². The van der Waals surface area contributed by atoms with Crippen LogP contribution in [0.25, 0.3) is 0 Å². The van der Waals surface area contributed by atoms with Crippen LogP contribution in [0.5, 0.6) is 0 Å². The normalized spacial score (nSPS) is 11.5. The summed E-state index contributed by atoms with van der Waals surface area (Å²) in [5, 5.41) is 23.5. The predicted molar refractivity (Wildman–Crippen MR) is 120 cm³/mol.